The monoisotopic (exact) mass is 263 g/mol. The molecule has 0 saturated carbocycles. The van der Waals surface area contributed by atoms with Crippen molar-refractivity contribution in [3.63, 3.8) is 0 Å². The van der Waals surface area contributed by atoms with Gasteiger partial charge in [-0.05, 0) is 25.1 Å². The molecule has 102 valence electrons. The second kappa shape index (κ2) is 4.42. The Kier molecular flexibility index (Phi) is 2.86. The van der Waals surface area contributed by atoms with Gasteiger partial charge in [-0.2, -0.15) is 0 Å². The van der Waals surface area contributed by atoms with Gasteiger partial charge in [0, 0.05) is 23.9 Å². The second-order valence-electron chi connectivity index (χ2n) is 5.20. The van der Waals surface area contributed by atoms with Crippen molar-refractivity contribution in [1.29, 1.82) is 0 Å². The number of hydrogen-bond donors (Lipinski definition) is 1. The van der Waals surface area contributed by atoms with E-state index in [1.807, 2.05) is 19.1 Å². The van der Waals surface area contributed by atoms with Gasteiger partial charge < -0.3 is 19.5 Å². The quantitative estimate of drug-likeness (QED) is 0.888. The number of ether oxygens (including phenoxy) is 3. The molecule has 2 aliphatic heterocycles. The Labute approximate surface area is 111 Å². The zero-order valence-corrected chi connectivity index (χ0v) is 11.1. The van der Waals surface area contributed by atoms with Crippen molar-refractivity contribution in [3.05, 3.63) is 23.8 Å². The molecule has 0 aliphatic carbocycles. The van der Waals surface area contributed by atoms with Crippen LogP contribution in [-0.4, -0.2) is 25.5 Å². The van der Waals surface area contributed by atoms with Gasteiger partial charge in [0.05, 0.1) is 6.61 Å². The summed E-state index contributed by atoms with van der Waals surface area (Å²) < 4.78 is 16.5. The number of rotatable bonds is 2. The number of amides is 1. The molecule has 0 spiro atoms. The van der Waals surface area contributed by atoms with Crippen molar-refractivity contribution in [2.45, 2.75) is 32.0 Å². The van der Waals surface area contributed by atoms with E-state index >= 15 is 0 Å². The third kappa shape index (κ3) is 2.14. The van der Waals surface area contributed by atoms with Crippen molar-refractivity contribution in [2.24, 2.45) is 0 Å². The smallest absolute Gasteiger partial charge is 0.412 e. The third-order valence-corrected chi connectivity index (χ3v) is 3.60. The zero-order valence-electron chi connectivity index (χ0n) is 11.1. The fourth-order valence-corrected chi connectivity index (χ4v) is 2.60. The van der Waals surface area contributed by atoms with E-state index in [0.717, 1.165) is 17.7 Å². The summed E-state index contributed by atoms with van der Waals surface area (Å²) in [7, 11) is 0. The van der Waals surface area contributed by atoms with Gasteiger partial charge in [0.15, 0.2) is 0 Å². The molecule has 5 nitrogen and oxygen atoms in total. The maximum Gasteiger partial charge on any atom is 0.412 e. The number of nitrogens with one attached hydrogen (secondary N) is 1. The largest absolute Gasteiger partial charge is 0.465 e. The molecule has 19 heavy (non-hydrogen) atoms. The van der Waals surface area contributed by atoms with Gasteiger partial charge in [0.1, 0.15) is 11.5 Å². The van der Waals surface area contributed by atoms with Gasteiger partial charge in [-0.1, -0.05) is 6.92 Å². The van der Waals surface area contributed by atoms with Gasteiger partial charge in [0.25, 0.3) is 0 Å². The van der Waals surface area contributed by atoms with Crippen molar-refractivity contribution < 1.29 is 19.0 Å². The lowest BCUT2D eigenvalue weighted by Gasteiger charge is -2.29. The third-order valence-electron chi connectivity index (χ3n) is 3.60. The highest BCUT2D eigenvalue weighted by atomic mass is 16.7. The van der Waals surface area contributed by atoms with Gasteiger partial charge in [-0.15, -0.1) is 0 Å². The number of carbonyl (C=O) groups excluding carboxylic acids is 1. The summed E-state index contributed by atoms with van der Waals surface area (Å²) in [6, 6.07) is 5.45. The van der Waals surface area contributed by atoms with Gasteiger partial charge in [-0.25, -0.2) is 4.79 Å². The van der Waals surface area contributed by atoms with Crippen LogP contribution in [0.1, 0.15) is 25.8 Å². The number of fused-ring (bicyclic) bond motifs is 4. The second-order valence-corrected chi connectivity index (χ2v) is 5.20. The maximum atomic E-state index is 11.4. The lowest BCUT2D eigenvalue weighted by Crippen LogP contribution is -2.29. The molecule has 1 aromatic carbocycles. The van der Waals surface area contributed by atoms with E-state index in [0.29, 0.717) is 18.9 Å². The standard InChI is InChI=1S/C14H17NO4/c1-3-15-13(16)18-9-4-5-11-10(6-9)14(2)7-12(19-11)17-8-14/h4-6,12H,3,7-8H2,1-2H3,(H,15,16)/t12?,14-/m1/s1. The zero-order chi connectivity index (χ0) is 13.5. The highest BCUT2D eigenvalue weighted by Crippen LogP contribution is 2.46. The fraction of sp³-hybridized carbons (Fsp3) is 0.500. The first kappa shape index (κ1) is 12.3. The minimum atomic E-state index is -0.440. The first-order chi connectivity index (χ1) is 9.10. The molecule has 0 radical (unpaired) electrons. The van der Waals surface area contributed by atoms with Crippen LogP contribution >= 0.6 is 0 Å². The van der Waals surface area contributed by atoms with Crippen molar-refractivity contribution in [1.82, 2.24) is 5.32 Å². The normalized spacial score (nSPS) is 27.4. The Hall–Kier alpha value is -1.75. The Morgan fingerprint density at radius 1 is 1.58 bits per heavy atom. The summed E-state index contributed by atoms with van der Waals surface area (Å²) in [4.78, 5) is 11.4. The molecule has 1 amide bonds. The summed E-state index contributed by atoms with van der Waals surface area (Å²) in [5.41, 5.74) is 0.988. The van der Waals surface area contributed by atoms with Crippen LogP contribution in [0.25, 0.3) is 0 Å². The van der Waals surface area contributed by atoms with Crippen molar-refractivity contribution >= 4 is 6.09 Å². The molecule has 2 aliphatic rings. The average Bonchev–Trinajstić information content (AvgIpc) is 2.68. The molecule has 2 bridgehead atoms. The fourth-order valence-electron chi connectivity index (χ4n) is 2.60. The molecule has 1 unspecified atom stereocenters. The molecule has 1 saturated heterocycles. The minimum absolute atomic E-state index is 0.0567. The van der Waals surface area contributed by atoms with Gasteiger partial charge >= 0.3 is 6.09 Å². The lowest BCUT2D eigenvalue weighted by molar-refractivity contribution is -0.0380. The van der Waals surface area contributed by atoms with Crippen molar-refractivity contribution in [3.8, 4) is 11.5 Å². The minimum Gasteiger partial charge on any atom is -0.465 e. The lowest BCUT2D eigenvalue weighted by atomic mass is 9.80. The van der Waals surface area contributed by atoms with E-state index in [1.54, 1.807) is 6.07 Å². The summed E-state index contributed by atoms with van der Waals surface area (Å²) >= 11 is 0. The molecule has 1 aromatic rings. The van der Waals surface area contributed by atoms with Crippen LogP contribution in [0, 0.1) is 0 Å². The maximum absolute atomic E-state index is 11.4. The van der Waals surface area contributed by atoms with Crippen LogP contribution in [-0.2, 0) is 10.2 Å². The molecule has 3 rings (SSSR count). The Morgan fingerprint density at radius 2 is 2.42 bits per heavy atom. The van der Waals surface area contributed by atoms with Crippen molar-refractivity contribution in [2.75, 3.05) is 13.2 Å². The summed E-state index contributed by atoms with van der Waals surface area (Å²) in [6.07, 6.45) is 0.252. The van der Waals surface area contributed by atoms with Gasteiger partial charge in [-0.3, -0.25) is 0 Å². The Bertz CT molecular complexity index is 516. The van der Waals surface area contributed by atoms with E-state index in [9.17, 15) is 4.79 Å². The average molecular weight is 263 g/mol. The molecule has 0 aromatic heterocycles. The number of benzene rings is 1. The molecule has 1 fully saturated rings. The number of hydrogen-bond acceptors (Lipinski definition) is 4. The first-order valence-corrected chi connectivity index (χ1v) is 6.49. The summed E-state index contributed by atoms with van der Waals surface area (Å²) in [6.45, 7) is 5.17. The molecule has 1 N–H and O–H groups in total. The van der Waals surface area contributed by atoms with Crippen LogP contribution in [0.5, 0.6) is 11.5 Å². The SMILES string of the molecule is CCNC(=O)Oc1ccc2c(c1)[C@@]1(C)COC(C1)O2. The Balaban J connectivity index is 1.87. The van der Waals surface area contributed by atoms with Crippen LogP contribution < -0.4 is 14.8 Å². The molecule has 2 atom stereocenters. The van der Waals surface area contributed by atoms with E-state index in [2.05, 4.69) is 12.2 Å². The molecular formula is C14H17NO4. The highest BCUT2D eigenvalue weighted by Gasteiger charge is 2.45. The van der Waals surface area contributed by atoms with Crippen LogP contribution in [0.4, 0.5) is 4.79 Å². The summed E-state index contributed by atoms with van der Waals surface area (Å²) in [5.74, 6) is 1.35. The van der Waals surface area contributed by atoms with E-state index < -0.39 is 6.09 Å². The first-order valence-electron chi connectivity index (χ1n) is 6.49. The predicted octanol–water partition coefficient (Wildman–Crippen LogP) is 2.19. The van der Waals surface area contributed by atoms with Crippen LogP contribution in [0.3, 0.4) is 0 Å². The van der Waals surface area contributed by atoms with Crippen LogP contribution in [0.2, 0.25) is 0 Å². The summed E-state index contributed by atoms with van der Waals surface area (Å²) in [5, 5.41) is 2.60. The molecule has 2 heterocycles. The van der Waals surface area contributed by atoms with Gasteiger partial charge in [0.2, 0.25) is 6.29 Å². The Morgan fingerprint density at radius 3 is 3.21 bits per heavy atom. The van der Waals surface area contributed by atoms with E-state index in [1.165, 1.54) is 0 Å². The molecule has 5 heteroatoms. The topological polar surface area (TPSA) is 56.8 Å². The predicted molar refractivity (Wildman–Crippen MR) is 68.5 cm³/mol. The number of carbonyl (C=O) groups is 1. The highest BCUT2D eigenvalue weighted by molar-refractivity contribution is 5.70. The molecular weight excluding hydrogens is 246 g/mol. The van der Waals surface area contributed by atoms with E-state index in [-0.39, 0.29) is 11.7 Å². The van der Waals surface area contributed by atoms with Crippen LogP contribution in [0.15, 0.2) is 18.2 Å². The van der Waals surface area contributed by atoms with E-state index in [4.69, 9.17) is 14.2 Å².